The SMILES string of the molecule is CC[C@]1(O)C[C@@H]2CN(CCc3c([nH]c4ccccc34)[C@@](C(=O)OC)(c3cc4c(cc3OC)N[C@H]3[C@@](O)(C(=O)OC)[C@H](OC(C)=O)[C@]5(CC)C=CCN6CC[C@]43[C@@H]65)C2)C1. The minimum absolute atomic E-state index is 0.0982. The molecule has 13 heteroatoms. The van der Waals surface area contributed by atoms with Gasteiger partial charge in [0.2, 0.25) is 5.60 Å². The zero-order valence-electron chi connectivity index (χ0n) is 34.4. The normalized spacial score (nSPS) is 37.2. The van der Waals surface area contributed by atoms with Gasteiger partial charge in [0.15, 0.2) is 6.10 Å². The molecule has 4 N–H and O–H groups in total. The van der Waals surface area contributed by atoms with E-state index in [-0.39, 0.29) is 12.0 Å². The van der Waals surface area contributed by atoms with Crippen LogP contribution in [0.5, 0.6) is 5.75 Å². The van der Waals surface area contributed by atoms with E-state index >= 15 is 4.79 Å². The molecule has 1 spiro atoms. The maximum Gasteiger partial charge on any atom is 0.344 e. The number of aromatic nitrogens is 1. The van der Waals surface area contributed by atoms with E-state index in [1.54, 1.807) is 7.11 Å². The lowest BCUT2D eigenvalue weighted by Gasteiger charge is -2.62. The van der Waals surface area contributed by atoms with Gasteiger partial charge in [-0.15, -0.1) is 0 Å². The van der Waals surface area contributed by atoms with E-state index in [4.69, 9.17) is 18.9 Å². The Balaban J connectivity index is 1.34. The Morgan fingerprint density at radius 2 is 1.74 bits per heavy atom. The van der Waals surface area contributed by atoms with E-state index in [0.29, 0.717) is 88.2 Å². The van der Waals surface area contributed by atoms with Crippen LogP contribution in [0.2, 0.25) is 0 Å². The Labute approximate surface area is 339 Å². The van der Waals surface area contributed by atoms with Crippen molar-refractivity contribution >= 4 is 34.5 Å². The molecule has 1 saturated carbocycles. The molecule has 0 amide bonds. The molecule has 9 rings (SSSR count). The van der Waals surface area contributed by atoms with Crippen molar-refractivity contribution in [3.8, 4) is 5.75 Å². The molecule has 0 radical (unpaired) electrons. The number of fused-ring (bicyclic) bond motifs is 6. The number of para-hydroxylation sites is 1. The van der Waals surface area contributed by atoms with E-state index in [9.17, 15) is 19.8 Å². The molecule has 5 aliphatic heterocycles. The van der Waals surface area contributed by atoms with Gasteiger partial charge in [-0.05, 0) is 74.2 Å². The molecular weight excluding hydrogens is 741 g/mol. The van der Waals surface area contributed by atoms with Crippen LogP contribution >= 0.6 is 0 Å². The minimum atomic E-state index is -2.31. The number of nitrogens with one attached hydrogen (secondary N) is 2. The van der Waals surface area contributed by atoms with E-state index in [1.807, 2.05) is 50.3 Å². The van der Waals surface area contributed by atoms with Crippen molar-refractivity contribution in [1.29, 1.82) is 0 Å². The number of rotatable bonds is 7. The summed E-state index contributed by atoms with van der Waals surface area (Å²) in [4.78, 5) is 50.9. The predicted octanol–water partition coefficient (Wildman–Crippen LogP) is 3.97. The average molecular weight is 797 g/mol. The molecule has 3 fully saturated rings. The molecule has 10 atom stereocenters. The van der Waals surface area contributed by atoms with E-state index in [1.165, 1.54) is 21.1 Å². The number of H-pyrrole nitrogens is 1. The number of hydrogen-bond acceptors (Lipinski definition) is 12. The van der Waals surface area contributed by atoms with Gasteiger partial charge in [-0.1, -0.05) is 44.2 Å². The van der Waals surface area contributed by atoms with Crippen molar-refractivity contribution in [2.75, 3.05) is 59.4 Å². The van der Waals surface area contributed by atoms with Crippen LogP contribution in [0, 0.1) is 11.3 Å². The summed E-state index contributed by atoms with van der Waals surface area (Å²) in [6, 6.07) is 10.8. The first-order valence-corrected chi connectivity index (χ1v) is 20.8. The Morgan fingerprint density at radius 1 is 0.966 bits per heavy atom. The molecule has 2 aromatic carbocycles. The number of ether oxygens (including phenoxy) is 4. The fourth-order valence-corrected chi connectivity index (χ4v) is 13.0. The van der Waals surface area contributed by atoms with Crippen molar-refractivity contribution in [3.63, 3.8) is 0 Å². The molecule has 310 valence electrons. The van der Waals surface area contributed by atoms with Crippen molar-refractivity contribution in [2.45, 2.75) is 99.5 Å². The highest BCUT2D eigenvalue weighted by atomic mass is 16.6. The van der Waals surface area contributed by atoms with Crippen molar-refractivity contribution in [1.82, 2.24) is 14.8 Å². The van der Waals surface area contributed by atoms with Crippen LogP contribution in [0.15, 0.2) is 48.6 Å². The van der Waals surface area contributed by atoms with Crippen LogP contribution in [-0.2, 0) is 45.8 Å². The summed E-state index contributed by atoms with van der Waals surface area (Å²) in [5, 5.41) is 29.7. The van der Waals surface area contributed by atoms with Gasteiger partial charge in [-0.25, -0.2) is 4.79 Å². The summed E-state index contributed by atoms with van der Waals surface area (Å²) in [7, 11) is 4.25. The van der Waals surface area contributed by atoms with E-state index in [0.717, 1.165) is 27.7 Å². The van der Waals surface area contributed by atoms with Crippen LogP contribution < -0.4 is 10.1 Å². The maximum absolute atomic E-state index is 15.3. The molecule has 1 unspecified atom stereocenters. The number of hydrogen-bond donors (Lipinski definition) is 4. The number of anilines is 1. The van der Waals surface area contributed by atoms with Gasteiger partial charge in [-0.2, -0.15) is 0 Å². The van der Waals surface area contributed by atoms with Crippen LogP contribution in [0.25, 0.3) is 10.9 Å². The van der Waals surface area contributed by atoms with Gasteiger partial charge < -0.3 is 39.5 Å². The van der Waals surface area contributed by atoms with Gasteiger partial charge in [0, 0.05) is 83.9 Å². The average Bonchev–Trinajstić information content (AvgIpc) is 3.92. The van der Waals surface area contributed by atoms with Gasteiger partial charge in [-0.3, -0.25) is 19.4 Å². The minimum Gasteiger partial charge on any atom is -0.496 e. The molecular formula is C45H56N4O9. The zero-order valence-corrected chi connectivity index (χ0v) is 34.4. The second-order valence-electron chi connectivity index (χ2n) is 17.8. The number of carbonyl (C=O) groups is 3. The third-order valence-electron chi connectivity index (χ3n) is 15.2. The molecule has 2 bridgehead atoms. The Kier molecular flexibility index (Phi) is 9.12. The molecule has 58 heavy (non-hydrogen) atoms. The number of methoxy groups -OCH3 is 3. The number of aromatic amines is 1. The zero-order chi connectivity index (χ0) is 41.0. The molecule has 1 aliphatic carbocycles. The second kappa shape index (κ2) is 13.6. The molecule has 1 aromatic heterocycles. The Hall–Kier alpha value is -4.43. The highest BCUT2D eigenvalue weighted by Gasteiger charge is 2.79. The molecule has 6 aliphatic rings. The number of piperidine rings is 1. The lowest BCUT2D eigenvalue weighted by Crippen LogP contribution is -2.80. The van der Waals surface area contributed by atoms with Gasteiger partial charge in [0.05, 0.1) is 33.0 Å². The standard InChI is InChI=1S/C45H56N4O9/c1-7-41(53)22-27-23-44(39(51)56-5,35-29(14-18-48(24-27)25-41)28-12-9-10-13-32(28)46-35)31-20-30-33(21-34(31)55-4)47-36-43(30)16-19-49-17-11-15-42(8-2,37(43)49)38(58-26(3)50)45(36,54)40(52)57-6/h9-13,15,20-21,27,36-38,46-47,53-54H,7-8,14,16-19,22-25H2,1-6H3/t27-,36+,37-,38+,41-,42+,43-,44-,45-/m0/s1. The molecule has 2 saturated heterocycles. The summed E-state index contributed by atoms with van der Waals surface area (Å²) in [5.74, 6) is -1.61. The fourth-order valence-electron chi connectivity index (χ4n) is 13.0. The van der Waals surface area contributed by atoms with Gasteiger partial charge >= 0.3 is 17.9 Å². The summed E-state index contributed by atoms with van der Waals surface area (Å²) >= 11 is 0. The lowest BCUT2D eigenvalue weighted by molar-refractivity contribution is -0.226. The quantitative estimate of drug-likeness (QED) is 0.155. The number of esters is 3. The number of nitrogens with zero attached hydrogens (tertiary/aromatic N) is 2. The number of benzene rings is 2. The smallest absolute Gasteiger partial charge is 0.344 e. The summed E-state index contributed by atoms with van der Waals surface area (Å²) < 4.78 is 23.7. The molecule has 3 aromatic rings. The third-order valence-corrected chi connectivity index (χ3v) is 15.2. The summed E-state index contributed by atoms with van der Waals surface area (Å²) in [6.07, 6.45) is 5.90. The van der Waals surface area contributed by atoms with Crippen LogP contribution in [-0.4, -0.2) is 126 Å². The number of carbonyl (C=O) groups excluding carboxylic acids is 3. The second-order valence-corrected chi connectivity index (χ2v) is 17.8. The largest absolute Gasteiger partial charge is 0.496 e. The van der Waals surface area contributed by atoms with Crippen molar-refractivity contribution in [3.05, 3.63) is 70.9 Å². The van der Waals surface area contributed by atoms with Gasteiger partial charge in [0.25, 0.3) is 0 Å². The third kappa shape index (κ3) is 5.05. The first-order valence-electron chi connectivity index (χ1n) is 20.8. The molecule has 6 heterocycles. The Morgan fingerprint density at radius 3 is 2.45 bits per heavy atom. The molecule has 13 nitrogen and oxygen atoms in total. The summed E-state index contributed by atoms with van der Waals surface area (Å²) in [6.45, 7) is 8.59. The summed E-state index contributed by atoms with van der Waals surface area (Å²) in [5.41, 5.74) is -1.78. The first-order chi connectivity index (χ1) is 27.8. The van der Waals surface area contributed by atoms with Crippen molar-refractivity contribution in [2.24, 2.45) is 11.3 Å². The van der Waals surface area contributed by atoms with Crippen LogP contribution in [0.4, 0.5) is 5.69 Å². The van der Waals surface area contributed by atoms with Crippen LogP contribution in [0.1, 0.15) is 75.3 Å². The Bertz CT molecular complexity index is 2220. The first kappa shape index (κ1) is 39.1. The van der Waals surface area contributed by atoms with Gasteiger partial charge in [0.1, 0.15) is 11.2 Å². The van der Waals surface area contributed by atoms with E-state index < -0.39 is 57.5 Å². The van der Waals surface area contributed by atoms with E-state index in [2.05, 4.69) is 32.2 Å². The highest BCUT2D eigenvalue weighted by Crippen LogP contribution is 2.67. The number of aliphatic hydroxyl groups is 2. The predicted molar refractivity (Wildman–Crippen MR) is 216 cm³/mol. The highest BCUT2D eigenvalue weighted by molar-refractivity contribution is 5.95. The fraction of sp³-hybridized carbons (Fsp3) is 0.578. The lowest BCUT2D eigenvalue weighted by atomic mass is 9.47. The van der Waals surface area contributed by atoms with Crippen LogP contribution in [0.3, 0.4) is 0 Å². The topological polar surface area (TPSA) is 163 Å². The monoisotopic (exact) mass is 796 g/mol. The van der Waals surface area contributed by atoms with Crippen molar-refractivity contribution < 1.29 is 43.5 Å². The maximum atomic E-state index is 15.3.